The van der Waals surface area contributed by atoms with Crippen molar-refractivity contribution in [3.63, 3.8) is 0 Å². The maximum Gasteiger partial charge on any atom is 0.127 e. The van der Waals surface area contributed by atoms with Gasteiger partial charge in [0.25, 0.3) is 0 Å². The van der Waals surface area contributed by atoms with E-state index in [2.05, 4.69) is 40.3 Å². The summed E-state index contributed by atoms with van der Waals surface area (Å²) in [7, 11) is 3.33. The van der Waals surface area contributed by atoms with Gasteiger partial charge in [0, 0.05) is 28.7 Å². The Bertz CT molecular complexity index is 601. The molecular formula is C17H20BrNO2. The Balaban J connectivity index is 2.08. The van der Waals surface area contributed by atoms with Crippen molar-refractivity contribution in [2.24, 2.45) is 0 Å². The van der Waals surface area contributed by atoms with Crippen LogP contribution in [0.15, 0.2) is 46.9 Å². The number of rotatable bonds is 6. The molecule has 0 aliphatic rings. The van der Waals surface area contributed by atoms with Crippen molar-refractivity contribution in [3.8, 4) is 11.5 Å². The van der Waals surface area contributed by atoms with Crippen molar-refractivity contribution in [2.45, 2.75) is 19.5 Å². The van der Waals surface area contributed by atoms with Crippen LogP contribution in [0.3, 0.4) is 0 Å². The number of benzene rings is 2. The first-order valence-electron chi connectivity index (χ1n) is 6.84. The van der Waals surface area contributed by atoms with Crippen LogP contribution in [0.25, 0.3) is 0 Å². The first kappa shape index (κ1) is 15.9. The molecule has 112 valence electrons. The number of nitrogens with one attached hydrogen (secondary N) is 1. The quantitative estimate of drug-likeness (QED) is 0.842. The van der Waals surface area contributed by atoms with E-state index in [0.29, 0.717) is 0 Å². The second kappa shape index (κ2) is 7.48. The smallest absolute Gasteiger partial charge is 0.127 e. The Morgan fingerprint density at radius 3 is 2.52 bits per heavy atom. The third kappa shape index (κ3) is 3.99. The average Bonchev–Trinajstić information content (AvgIpc) is 2.52. The van der Waals surface area contributed by atoms with Crippen molar-refractivity contribution in [1.82, 2.24) is 5.32 Å². The van der Waals surface area contributed by atoms with E-state index in [9.17, 15) is 0 Å². The van der Waals surface area contributed by atoms with Crippen LogP contribution in [-0.4, -0.2) is 14.2 Å². The van der Waals surface area contributed by atoms with Crippen molar-refractivity contribution >= 4 is 15.9 Å². The third-order valence-corrected chi connectivity index (χ3v) is 4.19. The molecule has 0 unspecified atom stereocenters. The van der Waals surface area contributed by atoms with Crippen molar-refractivity contribution in [3.05, 3.63) is 58.1 Å². The van der Waals surface area contributed by atoms with E-state index in [0.717, 1.165) is 28.1 Å². The fourth-order valence-electron chi connectivity index (χ4n) is 2.20. The summed E-state index contributed by atoms with van der Waals surface area (Å²) in [5.74, 6) is 1.63. The van der Waals surface area contributed by atoms with Gasteiger partial charge in [-0.1, -0.05) is 40.2 Å². The molecule has 21 heavy (non-hydrogen) atoms. The van der Waals surface area contributed by atoms with E-state index < -0.39 is 0 Å². The lowest BCUT2D eigenvalue weighted by Gasteiger charge is -2.17. The predicted molar refractivity (Wildman–Crippen MR) is 88.9 cm³/mol. The molecule has 1 N–H and O–H groups in total. The molecule has 0 aromatic heterocycles. The molecule has 0 fully saturated rings. The van der Waals surface area contributed by atoms with Crippen LogP contribution < -0.4 is 14.8 Å². The highest BCUT2D eigenvalue weighted by Crippen LogP contribution is 2.26. The van der Waals surface area contributed by atoms with Gasteiger partial charge in [0.15, 0.2) is 0 Å². The lowest BCUT2D eigenvalue weighted by molar-refractivity contribution is 0.389. The number of hydrogen-bond acceptors (Lipinski definition) is 3. The maximum atomic E-state index is 5.42. The van der Waals surface area contributed by atoms with Gasteiger partial charge in [0.1, 0.15) is 11.5 Å². The molecule has 0 aliphatic heterocycles. The van der Waals surface area contributed by atoms with Crippen LogP contribution in [0.4, 0.5) is 0 Å². The molecule has 0 saturated carbocycles. The summed E-state index contributed by atoms with van der Waals surface area (Å²) >= 11 is 3.59. The molecule has 2 rings (SSSR count). The molecule has 2 aromatic rings. The molecule has 1 atom stereocenters. The van der Waals surface area contributed by atoms with E-state index in [-0.39, 0.29) is 6.04 Å². The minimum atomic E-state index is 0.243. The molecule has 0 bridgehead atoms. The van der Waals surface area contributed by atoms with Gasteiger partial charge < -0.3 is 14.8 Å². The fourth-order valence-corrected chi connectivity index (χ4v) is 2.83. The Morgan fingerprint density at radius 1 is 1.10 bits per heavy atom. The highest BCUT2D eigenvalue weighted by atomic mass is 79.9. The van der Waals surface area contributed by atoms with Crippen molar-refractivity contribution < 1.29 is 9.47 Å². The summed E-state index contributed by atoms with van der Waals surface area (Å²) in [6.07, 6.45) is 0. The van der Waals surface area contributed by atoms with Crippen molar-refractivity contribution in [2.75, 3.05) is 14.2 Å². The Morgan fingerprint density at radius 2 is 1.86 bits per heavy atom. The van der Waals surface area contributed by atoms with Gasteiger partial charge in [-0.15, -0.1) is 0 Å². The van der Waals surface area contributed by atoms with Crippen LogP contribution in [0.5, 0.6) is 11.5 Å². The molecule has 0 saturated heterocycles. The predicted octanol–water partition coefficient (Wildman–Crippen LogP) is 4.32. The highest BCUT2D eigenvalue weighted by molar-refractivity contribution is 9.10. The molecule has 3 nitrogen and oxygen atoms in total. The molecular weight excluding hydrogens is 330 g/mol. The lowest BCUT2D eigenvalue weighted by Crippen LogP contribution is -2.18. The van der Waals surface area contributed by atoms with Gasteiger partial charge in [0.05, 0.1) is 14.2 Å². The van der Waals surface area contributed by atoms with E-state index in [1.54, 1.807) is 14.2 Å². The summed E-state index contributed by atoms with van der Waals surface area (Å²) in [6.45, 7) is 2.88. The molecule has 0 radical (unpaired) electrons. The zero-order chi connectivity index (χ0) is 15.2. The minimum Gasteiger partial charge on any atom is -0.497 e. The van der Waals surface area contributed by atoms with Crippen LogP contribution in [-0.2, 0) is 6.54 Å². The summed E-state index contributed by atoms with van der Waals surface area (Å²) in [4.78, 5) is 0. The average molecular weight is 350 g/mol. The molecule has 4 heteroatoms. The minimum absolute atomic E-state index is 0.243. The van der Waals surface area contributed by atoms with E-state index in [4.69, 9.17) is 9.47 Å². The number of hydrogen-bond donors (Lipinski definition) is 1. The van der Waals surface area contributed by atoms with Crippen LogP contribution in [0, 0.1) is 0 Å². The van der Waals surface area contributed by atoms with Gasteiger partial charge in [-0.05, 0) is 24.6 Å². The normalized spacial score (nSPS) is 12.0. The van der Waals surface area contributed by atoms with Gasteiger partial charge in [-0.25, -0.2) is 0 Å². The largest absolute Gasteiger partial charge is 0.497 e. The number of ether oxygens (including phenoxy) is 2. The second-order valence-corrected chi connectivity index (χ2v) is 5.66. The van der Waals surface area contributed by atoms with Gasteiger partial charge in [0.2, 0.25) is 0 Å². The van der Waals surface area contributed by atoms with Crippen LogP contribution in [0.1, 0.15) is 24.1 Å². The molecule has 0 aliphatic carbocycles. The Hall–Kier alpha value is -1.52. The fraction of sp³-hybridized carbons (Fsp3) is 0.294. The van der Waals surface area contributed by atoms with Gasteiger partial charge >= 0.3 is 0 Å². The highest BCUT2D eigenvalue weighted by Gasteiger charge is 2.10. The lowest BCUT2D eigenvalue weighted by atomic mass is 10.1. The summed E-state index contributed by atoms with van der Waals surface area (Å²) < 4.78 is 11.8. The van der Waals surface area contributed by atoms with Gasteiger partial charge in [-0.3, -0.25) is 0 Å². The van der Waals surface area contributed by atoms with E-state index in [1.165, 1.54) is 5.56 Å². The number of methoxy groups -OCH3 is 2. The van der Waals surface area contributed by atoms with Gasteiger partial charge in [-0.2, -0.15) is 0 Å². The topological polar surface area (TPSA) is 30.5 Å². The second-order valence-electron chi connectivity index (χ2n) is 4.80. The zero-order valence-electron chi connectivity index (χ0n) is 12.5. The monoisotopic (exact) mass is 349 g/mol. The summed E-state index contributed by atoms with van der Waals surface area (Å²) in [5, 5.41) is 3.52. The Kier molecular flexibility index (Phi) is 5.65. The number of halogens is 1. The SMILES string of the molecule is COc1ccc(CN[C@H](C)c2ccccc2Br)c(OC)c1. The van der Waals surface area contributed by atoms with Crippen molar-refractivity contribution in [1.29, 1.82) is 0 Å². The Labute approximate surface area is 134 Å². The van der Waals surface area contributed by atoms with Crippen LogP contribution >= 0.6 is 15.9 Å². The first-order valence-corrected chi connectivity index (χ1v) is 7.63. The summed E-state index contributed by atoms with van der Waals surface area (Å²) in [5.41, 5.74) is 2.35. The third-order valence-electron chi connectivity index (χ3n) is 3.46. The summed E-state index contributed by atoms with van der Waals surface area (Å²) in [6, 6.07) is 14.4. The molecule has 2 aromatic carbocycles. The molecule has 0 amide bonds. The maximum absolute atomic E-state index is 5.42. The van der Waals surface area contributed by atoms with E-state index in [1.807, 2.05) is 30.3 Å². The van der Waals surface area contributed by atoms with E-state index >= 15 is 0 Å². The first-order chi connectivity index (χ1) is 10.2. The van der Waals surface area contributed by atoms with Crippen LogP contribution in [0.2, 0.25) is 0 Å². The molecule has 0 heterocycles. The molecule has 0 spiro atoms. The standard InChI is InChI=1S/C17H20BrNO2/c1-12(15-6-4-5-7-16(15)18)19-11-13-8-9-14(20-2)10-17(13)21-3/h4-10,12,19H,11H2,1-3H3/t12-/m1/s1. The zero-order valence-corrected chi connectivity index (χ0v) is 14.1.